The normalized spacial score (nSPS) is 26.3. The molecule has 0 spiro atoms. The quantitative estimate of drug-likeness (QED) is 0.501. The van der Waals surface area contributed by atoms with Gasteiger partial charge in [0.2, 0.25) is 0 Å². The summed E-state index contributed by atoms with van der Waals surface area (Å²) in [6, 6.07) is 0. The zero-order valence-electron chi connectivity index (χ0n) is 5.42. The minimum atomic E-state index is -0.114. The van der Waals surface area contributed by atoms with Crippen LogP contribution in [0, 0.1) is 5.92 Å². The summed E-state index contributed by atoms with van der Waals surface area (Å²) in [6.07, 6.45) is 0.812. The first-order chi connectivity index (χ1) is 4.34. The smallest absolute Gasteiger partial charge is 0.311 e. The van der Waals surface area contributed by atoms with Gasteiger partial charge in [-0.25, -0.2) is 0 Å². The predicted octanol–water partition coefficient (Wildman–Crippen LogP) is 0.196. The highest BCUT2D eigenvalue weighted by Gasteiger charge is 2.25. The topological polar surface area (TPSA) is 35.5 Å². The molecule has 1 rings (SSSR count). The van der Waals surface area contributed by atoms with E-state index in [1.807, 2.05) is 0 Å². The number of methoxy groups -OCH3 is 1. The van der Waals surface area contributed by atoms with E-state index in [1.54, 1.807) is 7.11 Å². The second-order valence-electron chi connectivity index (χ2n) is 2.11. The van der Waals surface area contributed by atoms with Gasteiger partial charge in [0.05, 0.1) is 19.1 Å². The Morgan fingerprint density at radius 3 is 3.11 bits per heavy atom. The van der Waals surface area contributed by atoms with Gasteiger partial charge in [0.15, 0.2) is 0 Å². The van der Waals surface area contributed by atoms with E-state index in [4.69, 9.17) is 9.47 Å². The molecule has 0 aromatic heterocycles. The summed E-state index contributed by atoms with van der Waals surface area (Å²) < 4.78 is 9.49. The summed E-state index contributed by atoms with van der Waals surface area (Å²) in [5.74, 6) is -0.119. The van der Waals surface area contributed by atoms with Crippen LogP contribution in [-0.4, -0.2) is 26.3 Å². The first-order valence-electron chi connectivity index (χ1n) is 3.00. The second kappa shape index (κ2) is 2.82. The maximum Gasteiger partial charge on any atom is 0.311 e. The zero-order valence-corrected chi connectivity index (χ0v) is 5.42. The molecule has 1 aliphatic heterocycles. The average Bonchev–Trinajstić information content (AvgIpc) is 2.18. The van der Waals surface area contributed by atoms with Gasteiger partial charge in [-0.3, -0.25) is 4.79 Å². The van der Waals surface area contributed by atoms with Gasteiger partial charge in [-0.05, 0) is 6.42 Å². The zero-order chi connectivity index (χ0) is 6.69. The molecule has 0 aliphatic carbocycles. The highest BCUT2D eigenvalue weighted by molar-refractivity contribution is 5.74. The van der Waals surface area contributed by atoms with E-state index in [0.717, 1.165) is 6.42 Å². The van der Waals surface area contributed by atoms with Crippen molar-refractivity contribution in [1.82, 2.24) is 0 Å². The van der Waals surface area contributed by atoms with E-state index in [1.165, 1.54) is 0 Å². The van der Waals surface area contributed by atoms with E-state index in [2.05, 4.69) is 0 Å². The highest BCUT2D eigenvalue weighted by atomic mass is 16.5. The molecule has 52 valence electrons. The molecule has 1 heterocycles. The molecule has 1 atom stereocenters. The average molecular weight is 130 g/mol. The van der Waals surface area contributed by atoms with Crippen molar-refractivity contribution in [2.24, 2.45) is 5.92 Å². The minimum absolute atomic E-state index is 0.00463. The van der Waals surface area contributed by atoms with Crippen LogP contribution >= 0.6 is 0 Å². The number of carbonyl (C=O) groups is 1. The first-order valence-corrected chi connectivity index (χ1v) is 3.00. The molecule has 0 aromatic rings. The van der Waals surface area contributed by atoms with Crippen LogP contribution in [0.15, 0.2) is 0 Å². The van der Waals surface area contributed by atoms with Gasteiger partial charge >= 0.3 is 5.97 Å². The molecule has 0 saturated carbocycles. The van der Waals surface area contributed by atoms with Crippen molar-refractivity contribution in [2.45, 2.75) is 6.42 Å². The van der Waals surface area contributed by atoms with Gasteiger partial charge in [0.1, 0.15) is 0 Å². The van der Waals surface area contributed by atoms with Crippen LogP contribution in [0.4, 0.5) is 0 Å². The van der Waals surface area contributed by atoms with Crippen molar-refractivity contribution in [3.63, 3.8) is 0 Å². The summed E-state index contributed by atoms with van der Waals surface area (Å²) in [6.45, 7) is 1.06. The van der Waals surface area contributed by atoms with Gasteiger partial charge < -0.3 is 9.47 Å². The van der Waals surface area contributed by atoms with Gasteiger partial charge in [0, 0.05) is 7.11 Å². The molecule has 0 amide bonds. The molecule has 1 aliphatic rings. The Kier molecular flexibility index (Phi) is 2.05. The van der Waals surface area contributed by atoms with E-state index < -0.39 is 0 Å². The number of cyclic esters (lactones) is 1. The summed E-state index contributed by atoms with van der Waals surface area (Å²) >= 11 is 0. The molecule has 3 nitrogen and oxygen atoms in total. The Labute approximate surface area is 53.9 Å². The lowest BCUT2D eigenvalue weighted by molar-refractivity contribution is -0.142. The fourth-order valence-corrected chi connectivity index (χ4v) is 0.890. The number of rotatable bonds is 2. The van der Waals surface area contributed by atoms with Crippen LogP contribution in [-0.2, 0) is 14.3 Å². The van der Waals surface area contributed by atoms with Crippen molar-refractivity contribution in [3.8, 4) is 0 Å². The lowest BCUT2D eigenvalue weighted by atomic mass is 10.1. The number of hydrogen-bond donors (Lipinski definition) is 0. The third kappa shape index (κ3) is 1.42. The number of esters is 1. The Morgan fingerprint density at radius 2 is 2.67 bits per heavy atom. The minimum Gasteiger partial charge on any atom is -0.465 e. The van der Waals surface area contributed by atoms with E-state index >= 15 is 0 Å². The monoisotopic (exact) mass is 130 g/mol. The van der Waals surface area contributed by atoms with Crippen LogP contribution in [0.2, 0.25) is 0 Å². The highest BCUT2D eigenvalue weighted by Crippen LogP contribution is 2.13. The van der Waals surface area contributed by atoms with Crippen LogP contribution in [0.3, 0.4) is 0 Å². The van der Waals surface area contributed by atoms with Gasteiger partial charge in [-0.15, -0.1) is 0 Å². The summed E-state index contributed by atoms with van der Waals surface area (Å²) in [5.41, 5.74) is 0. The molecular weight excluding hydrogens is 120 g/mol. The second-order valence-corrected chi connectivity index (χ2v) is 2.11. The summed E-state index contributed by atoms with van der Waals surface area (Å²) in [4.78, 5) is 10.7. The SMILES string of the molecule is COCC1CCOC1=O. The summed E-state index contributed by atoms with van der Waals surface area (Å²) in [7, 11) is 1.59. The van der Waals surface area contributed by atoms with Gasteiger partial charge in [-0.2, -0.15) is 0 Å². The van der Waals surface area contributed by atoms with Crippen LogP contribution in [0.25, 0.3) is 0 Å². The molecular formula is C6H10O3. The Hall–Kier alpha value is -0.570. The number of hydrogen-bond acceptors (Lipinski definition) is 3. The van der Waals surface area contributed by atoms with Crippen molar-refractivity contribution in [2.75, 3.05) is 20.3 Å². The summed E-state index contributed by atoms with van der Waals surface area (Å²) in [5, 5.41) is 0. The molecule has 0 N–H and O–H groups in total. The maximum atomic E-state index is 10.7. The van der Waals surface area contributed by atoms with E-state index in [0.29, 0.717) is 13.2 Å². The third-order valence-electron chi connectivity index (χ3n) is 1.41. The van der Waals surface area contributed by atoms with Crippen LogP contribution < -0.4 is 0 Å². The number of ether oxygens (including phenoxy) is 2. The Bertz CT molecular complexity index is 111. The van der Waals surface area contributed by atoms with Gasteiger partial charge in [0.25, 0.3) is 0 Å². The molecule has 1 unspecified atom stereocenters. The third-order valence-corrected chi connectivity index (χ3v) is 1.41. The molecule has 0 aromatic carbocycles. The fourth-order valence-electron chi connectivity index (χ4n) is 0.890. The predicted molar refractivity (Wildman–Crippen MR) is 30.9 cm³/mol. The van der Waals surface area contributed by atoms with Crippen LogP contribution in [0.5, 0.6) is 0 Å². The molecule has 0 bridgehead atoms. The fraction of sp³-hybridized carbons (Fsp3) is 0.833. The maximum absolute atomic E-state index is 10.7. The Balaban J connectivity index is 2.31. The van der Waals surface area contributed by atoms with Crippen molar-refractivity contribution in [1.29, 1.82) is 0 Å². The molecule has 9 heavy (non-hydrogen) atoms. The van der Waals surface area contributed by atoms with E-state index in [-0.39, 0.29) is 11.9 Å². The van der Waals surface area contributed by atoms with Crippen molar-refractivity contribution in [3.05, 3.63) is 0 Å². The van der Waals surface area contributed by atoms with Crippen molar-refractivity contribution >= 4 is 5.97 Å². The lowest BCUT2D eigenvalue weighted by Crippen LogP contribution is -2.13. The molecule has 0 radical (unpaired) electrons. The molecule has 1 saturated heterocycles. The molecule has 3 heteroatoms. The lowest BCUT2D eigenvalue weighted by Gasteiger charge is -2.00. The van der Waals surface area contributed by atoms with Crippen LogP contribution in [0.1, 0.15) is 6.42 Å². The van der Waals surface area contributed by atoms with Gasteiger partial charge in [-0.1, -0.05) is 0 Å². The standard InChI is InChI=1S/C6H10O3/c1-8-4-5-2-3-9-6(5)7/h5H,2-4H2,1H3. The van der Waals surface area contributed by atoms with Crippen molar-refractivity contribution < 1.29 is 14.3 Å². The first kappa shape index (κ1) is 6.55. The number of carbonyl (C=O) groups excluding carboxylic acids is 1. The molecule has 1 fully saturated rings. The Morgan fingerprint density at radius 1 is 1.89 bits per heavy atom. The van der Waals surface area contributed by atoms with E-state index in [9.17, 15) is 4.79 Å². The largest absolute Gasteiger partial charge is 0.465 e.